The fourth-order valence-electron chi connectivity index (χ4n) is 3.68. The number of carboxylic acid groups (broad SMARTS) is 1. The van der Waals surface area contributed by atoms with Gasteiger partial charge in [0.15, 0.2) is 0 Å². The van der Waals surface area contributed by atoms with Gasteiger partial charge in [0.1, 0.15) is 0 Å². The summed E-state index contributed by atoms with van der Waals surface area (Å²) < 4.78 is 0. The van der Waals surface area contributed by atoms with Gasteiger partial charge >= 0.3 is 5.97 Å². The van der Waals surface area contributed by atoms with Crippen LogP contribution in [0.5, 0.6) is 0 Å². The number of hydrogen-bond acceptors (Lipinski definition) is 2. The van der Waals surface area contributed by atoms with Crippen molar-refractivity contribution in [2.24, 2.45) is 17.8 Å². The van der Waals surface area contributed by atoms with Gasteiger partial charge in [-0.05, 0) is 56.3 Å². The van der Waals surface area contributed by atoms with Gasteiger partial charge in [0, 0.05) is 12.6 Å². The number of nitrogens with zero attached hydrogens (tertiary/aromatic N) is 1. The van der Waals surface area contributed by atoms with Crippen LogP contribution in [0.2, 0.25) is 0 Å². The molecule has 0 aromatic rings. The first kappa shape index (κ1) is 12.5. The van der Waals surface area contributed by atoms with Crippen LogP contribution < -0.4 is 0 Å². The molecule has 2 atom stereocenters. The summed E-state index contributed by atoms with van der Waals surface area (Å²) in [4.78, 5) is 13.3. The molecule has 0 radical (unpaired) electrons. The van der Waals surface area contributed by atoms with Crippen LogP contribution in [0.3, 0.4) is 0 Å². The molecule has 102 valence electrons. The van der Waals surface area contributed by atoms with Gasteiger partial charge in [0.2, 0.25) is 0 Å². The zero-order valence-corrected chi connectivity index (χ0v) is 11.2. The van der Waals surface area contributed by atoms with Crippen molar-refractivity contribution >= 4 is 5.97 Å². The van der Waals surface area contributed by atoms with Crippen molar-refractivity contribution in [2.45, 2.75) is 57.4 Å². The highest BCUT2D eigenvalue weighted by atomic mass is 16.4. The molecular formula is C15H25NO2. The van der Waals surface area contributed by atoms with Crippen molar-refractivity contribution in [3.05, 3.63) is 0 Å². The molecule has 1 N–H and O–H groups in total. The molecule has 3 rings (SSSR count). The van der Waals surface area contributed by atoms with Crippen LogP contribution in [0.4, 0.5) is 0 Å². The lowest BCUT2D eigenvalue weighted by Gasteiger charge is -2.37. The maximum atomic E-state index is 11.0. The summed E-state index contributed by atoms with van der Waals surface area (Å²) in [6.07, 6.45) is 10.7. The highest BCUT2D eigenvalue weighted by Gasteiger charge is 2.37. The number of carbonyl (C=O) groups is 1. The van der Waals surface area contributed by atoms with Crippen molar-refractivity contribution in [3.8, 4) is 0 Å². The lowest BCUT2D eigenvalue weighted by atomic mass is 9.82. The Balaban J connectivity index is 1.58. The normalized spacial score (nSPS) is 32.7. The van der Waals surface area contributed by atoms with Crippen LogP contribution in [0.25, 0.3) is 0 Å². The molecule has 0 saturated heterocycles. The minimum atomic E-state index is -0.649. The third-order valence-electron chi connectivity index (χ3n) is 5.02. The topological polar surface area (TPSA) is 40.5 Å². The number of rotatable bonds is 6. The second kappa shape index (κ2) is 5.20. The van der Waals surface area contributed by atoms with Crippen LogP contribution in [0.1, 0.15) is 51.4 Å². The molecule has 18 heavy (non-hydrogen) atoms. The van der Waals surface area contributed by atoms with Gasteiger partial charge in [-0.15, -0.1) is 0 Å². The van der Waals surface area contributed by atoms with E-state index in [2.05, 4.69) is 4.90 Å². The van der Waals surface area contributed by atoms with Crippen molar-refractivity contribution < 1.29 is 9.90 Å². The Bertz CT molecular complexity index is 310. The Kier molecular flexibility index (Phi) is 3.60. The summed E-state index contributed by atoms with van der Waals surface area (Å²) in [5.74, 6) is 2.04. The molecule has 3 saturated carbocycles. The zero-order chi connectivity index (χ0) is 12.5. The van der Waals surface area contributed by atoms with E-state index in [0.29, 0.717) is 6.04 Å². The Labute approximate surface area is 110 Å². The lowest BCUT2D eigenvalue weighted by molar-refractivity contribution is -0.139. The summed E-state index contributed by atoms with van der Waals surface area (Å²) in [5.41, 5.74) is 0. The SMILES string of the molecule is O=C(O)CN(CC1CC1)C1CCCC(C2CC2)C1. The highest BCUT2D eigenvalue weighted by molar-refractivity contribution is 5.69. The van der Waals surface area contributed by atoms with Crippen molar-refractivity contribution in [2.75, 3.05) is 13.1 Å². The van der Waals surface area contributed by atoms with E-state index < -0.39 is 5.97 Å². The van der Waals surface area contributed by atoms with E-state index >= 15 is 0 Å². The average Bonchev–Trinajstić information content (AvgIpc) is 3.21. The van der Waals surface area contributed by atoms with Gasteiger partial charge < -0.3 is 5.11 Å². The minimum absolute atomic E-state index is 0.262. The smallest absolute Gasteiger partial charge is 0.317 e. The molecule has 0 aromatic carbocycles. The molecule has 3 nitrogen and oxygen atoms in total. The second-order valence-corrected chi connectivity index (χ2v) is 6.68. The van der Waals surface area contributed by atoms with Gasteiger partial charge in [0.25, 0.3) is 0 Å². The summed E-state index contributed by atoms with van der Waals surface area (Å²) in [5, 5.41) is 9.09. The average molecular weight is 251 g/mol. The number of hydrogen-bond donors (Lipinski definition) is 1. The van der Waals surface area contributed by atoms with Gasteiger partial charge in [-0.3, -0.25) is 9.69 Å². The lowest BCUT2D eigenvalue weighted by Crippen LogP contribution is -2.43. The predicted molar refractivity (Wildman–Crippen MR) is 70.4 cm³/mol. The quantitative estimate of drug-likeness (QED) is 0.789. The van der Waals surface area contributed by atoms with Crippen LogP contribution in [-0.4, -0.2) is 35.1 Å². The monoisotopic (exact) mass is 251 g/mol. The van der Waals surface area contributed by atoms with Crippen LogP contribution in [-0.2, 0) is 4.79 Å². The molecule has 2 unspecified atom stereocenters. The summed E-state index contributed by atoms with van der Waals surface area (Å²) in [7, 11) is 0. The van der Waals surface area contributed by atoms with E-state index in [4.69, 9.17) is 5.11 Å². The van der Waals surface area contributed by atoms with E-state index in [1.165, 1.54) is 51.4 Å². The minimum Gasteiger partial charge on any atom is -0.480 e. The second-order valence-electron chi connectivity index (χ2n) is 6.68. The van der Waals surface area contributed by atoms with Crippen LogP contribution >= 0.6 is 0 Å². The first-order valence-electron chi connectivity index (χ1n) is 7.68. The third kappa shape index (κ3) is 3.25. The maximum absolute atomic E-state index is 11.0. The molecular weight excluding hydrogens is 226 g/mol. The van der Waals surface area contributed by atoms with Crippen molar-refractivity contribution in [1.82, 2.24) is 4.90 Å². The number of aliphatic carboxylic acids is 1. The summed E-state index contributed by atoms with van der Waals surface area (Å²) in [6.45, 7) is 1.30. The predicted octanol–water partition coefficient (Wildman–Crippen LogP) is 2.75. The van der Waals surface area contributed by atoms with E-state index in [-0.39, 0.29) is 6.54 Å². The van der Waals surface area contributed by atoms with Crippen molar-refractivity contribution in [3.63, 3.8) is 0 Å². The summed E-state index contributed by atoms with van der Waals surface area (Å²) in [6, 6.07) is 0.557. The standard InChI is InChI=1S/C15H25NO2/c17-15(18)10-16(9-11-4-5-11)14-3-1-2-13(8-14)12-6-7-12/h11-14H,1-10H2,(H,17,18). The highest BCUT2D eigenvalue weighted by Crippen LogP contribution is 2.45. The van der Waals surface area contributed by atoms with Gasteiger partial charge in [0.05, 0.1) is 6.54 Å². The fourth-order valence-corrected chi connectivity index (χ4v) is 3.68. The summed E-state index contributed by atoms with van der Waals surface area (Å²) >= 11 is 0. The molecule has 0 bridgehead atoms. The van der Waals surface area contributed by atoms with E-state index in [9.17, 15) is 4.79 Å². The van der Waals surface area contributed by atoms with E-state index in [1.54, 1.807) is 0 Å². The van der Waals surface area contributed by atoms with Crippen molar-refractivity contribution in [1.29, 1.82) is 0 Å². The molecule has 0 amide bonds. The molecule has 3 heteroatoms. The molecule has 0 spiro atoms. The molecule has 3 fully saturated rings. The van der Waals surface area contributed by atoms with E-state index in [1.807, 2.05) is 0 Å². The largest absolute Gasteiger partial charge is 0.480 e. The molecule has 3 aliphatic rings. The maximum Gasteiger partial charge on any atom is 0.317 e. The fraction of sp³-hybridized carbons (Fsp3) is 0.933. The number of carboxylic acids is 1. The van der Waals surface area contributed by atoms with E-state index in [0.717, 1.165) is 24.3 Å². The zero-order valence-electron chi connectivity index (χ0n) is 11.2. The molecule has 0 aliphatic heterocycles. The molecule has 0 heterocycles. The van der Waals surface area contributed by atoms with Crippen LogP contribution in [0, 0.1) is 17.8 Å². The first-order chi connectivity index (χ1) is 8.72. The first-order valence-corrected chi connectivity index (χ1v) is 7.68. The van der Waals surface area contributed by atoms with Gasteiger partial charge in [-0.1, -0.05) is 12.8 Å². The Morgan fingerprint density at radius 1 is 1.06 bits per heavy atom. The third-order valence-corrected chi connectivity index (χ3v) is 5.02. The Hall–Kier alpha value is -0.570. The van der Waals surface area contributed by atoms with Crippen LogP contribution in [0.15, 0.2) is 0 Å². The Morgan fingerprint density at radius 2 is 1.83 bits per heavy atom. The molecule has 0 aromatic heterocycles. The molecule has 3 aliphatic carbocycles. The van der Waals surface area contributed by atoms with Gasteiger partial charge in [-0.25, -0.2) is 0 Å². The van der Waals surface area contributed by atoms with Gasteiger partial charge in [-0.2, -0.15) is 0 Å². The Morgan fingerprint density at radius 3 is 2.44 bits per heavy atom.